The molecule has 0 aliphatic heterocycles. The summed E-state index contributed by atoms with van der Waals surface area (Å²) in [5.74, 6) is -3.78. The Balaban J connectivity index is 2.32. The van der Waals surface area contributed by atoms with E-state index in [-0.39, 0.29) is 19.4 Å². The van der Waals surface area contributed by atoms with E-state index in [0.29, 0.717) is 12.7 Å². The van der Waals surface area contributed by atoms with Crippen molar-refractivity contribution in [3.05, 3.63) is 35.4 Å². The zero-order chi connectivity index (χ0) is 22.1. The number of hydrogen-bond donors (Lipinski definition) is 1. The van der Waals surface area contributed by atoms with Crippen molar-refractivity contribution < 1.29 is 45.2 Å². The topological polar surface area (TPSA) is 107 Å². The van der Waals surface area contributed by atoms with Gasteiger partial charge in [0.05, 0.1) is 14.5 Å². The zero-order valence-corrected chi connectivity index (χ0v) is 16.2. The fourth-order valence-electron chi connectivity index (χ4n) is 2.18. The normalized spacial score (nSPS) is 13.0. The van der Waals surface area contributed by atoms with E-state index in [1.54, 1.807) is 0 Å². The molecule has 0 aromatic heterocycles. The molecule has 2 radical (unpaired) electrons. The average Bonchev–Trinajstić information content (AvgIpc) is 2.60. The van der Waals surface area contributed by atoms with Gasteiger partial charge >= 0.3 is 18.1 Å². The highest BCUT2D eigenvalue weighted by Crippen LogP contribution is 2.24. The van der Waals surface area contributed by atoms with Crippen LogP contribution in [-0.4, -0.2) is 57.4 Å². The van der Waals surface area contributed by atoms with Gasteiger partial charge in [-0.2, -0.15) is 21.6 Å². The van der Waals surface area contributed by atoms with Gasteiger partial charge in [-0.1, -0.05) is 36.1 Å². The van der Waals surface area contributed by atoms with Crippen molar-refractivity contribution in [2.45, 2.75) is 44.3 Å². The lowest BCUT2D eigenvalue weighted by atomic mass is 9.96. The maximum absolute atomic E-state index is 12.6. The summed E-state index contributed by atoms with van der Waals surface area (Å²) in [4.78, 5) is 23.1. The second-order valence-electron chi connectivity index (χ2n) is 6.11. The van der Waals surface area contributed by atoms with Crippen molar-refractivity contribution in [3.63, 3.8) is 0 Å². The summed E-state index contributed by atoms with van der Waals surface area (Å²) in [6.45, 7) is 0.0930. The maximum atomic E-state index is 12.6. The average molecular weight is 436 g/mol. The molecule has 1 atom stereocenters. The second-order valence-corrected chi connectivity index (χ2v) is 7.61. The summed E-state index contributed by atoms with van der Waals surface area (Å²) in [6, 6.07) is 7.38. The van der Waals surface area contributed by atoms with Gasteiger partial charge in [0.25, 0.3) is 10.1 Å². The van der Waals surface area contributed by atoms with Gasteiger partial charge in [0.1, 0.15) is 5.75 Å². The molecule has 0 aliphatic rings. The van der Waals surface area contributed by atoms with Crippen molar-refractivity contribution in [2.24, 2.45) is 0 Å². The zero-order valence-electron chi connectivity index (χ0n) is 15.4. The number of ether oxygens (including phenoxy) is 2. The minimum absolute atomic E-state index is 0.0930. The number of carbonyl (C=O) groups is 2. The fraction of sp³-hybridized carbons (Fsp3) is 0.529. The molecule has 1 aromatic carbocycles. The van der Waals surface area contributed by atoms with Crippen LogP contribution in [0.1, 0.15) is 30.4 Å². The molecule has 0 amide bonds. The van der Waals surface area contributed by atoms with Crippen LogP contribution in [-0.2, 0) is 41.9 Å². The number of hydrogen-bond acceptors (Lipinski definition) is 6. The molecular formula is C17H20BF3O7S. The molecule has 0 aliphatic carbocycles. The molecule has 29 heavy (non-hydrogen) atoms. The third-order valence-electron chi connectivity index (χ3n) is 3.68. The number of alkyl halides is 3. The Bertz CT molecular complexity index is 779. The van der Waals surface area contributed by atoms with E-state index in [0.717, 1.165) is 11.1 Å². The van der Waals surface area contributed by atoms with Crippen LogP contribution in [0.25, 0.3) is 0 Å². The lowest BCUT2D eigenvalue weighted by Crippen LogP contribution is -2.39. The Labute approximate surface area is 167 Å². The number of halogens is 3. The van der Waals surface area contributed by atoms with Gasteiger partial charge in [0.2, 0.25) is 6.10 Å². The van der Waals surface area contributed by atoms with Gasteiger partial charge < -0.3 is 9.47 Å². The number of rotatable bonds is 11. The Hall–Kier alpha value is -2.08. The molecule has 1 aromatic rings. The Morgan fingerprint density at radius 3 is 2.14 bits per heavy atom. The standard InChI is InChI=1S/C17H20BF3O7S/c18-10-13-6-4-12(5-7-13)8-9-27-15(22)2-1-3-16(23)28-14(17(19,20)21)11-29(24,25)26/h4-7,14H,1-3,8-11H2,(H,24,25,26). The summed E-state index contributed by atoms with van der Waals surface area (Å²) in [5, 5.41) is 0. The van der Waals surface area contributed by atoms with Crippen molar-refractivity contribution in [1.29, 1.82) is 0 Å². The van der Waals surface area contributed by atoms with Gasteiger partial charge in [0.15, 0.2) is 0 Å². The third-order valence-corrected chi connectivity index (χ3v) is 4.40. The predicted octanol–water partition coefficient (Wildman–Crippen LogP) is 1.97. The Kier molecular flexibility index (Phi) is 9.64. The van der Waals surface area contributed by atoms with Crippen LogP contribution in [0.3, 0.4) is 0 Å². The van der Waals surface area contributed by atoms with Crippen molar-refractivity contribution in [1.82, 2.24) is 0 Å². The molecule has 7 nitrogen and oxygen atoms in total. The monoisotopic (exact) mass is 436 g/mol. The lowest BCUT2D eigenvalue weighted by molar-refractivity contribution is -0.215. The first kappa shape index (κ1) is 25.0. The Morgan fingerprint density at radius 1 is 1.07 bits per heavy atom. The molecule has 0 saturated carbocycles. The second kappa shape index (κ2) is 11.2. The summed E-state index contributed by atoms with van der Waals surface area (Å²) in [5.41, 5.74) is 1.89. The smallest absolute Gasteiger partial charge is 0.426 e. The quantitative estimate of drug-likeness (QED) is 0.321. The molecule has 1 unspecified atom stereocenters. The van der Waals surface area contributed by atoms with E-state index in [1.165, 1.54) is 0 Å². The van der Waals surface area contributed by atoms with Gasteiger partial charge in [-0.05, 0) is 12.0 Å². The van der Waals surface area contributed by atoms with Crippen LogP contribution >= 0.6 is 0 Å². The van der Waals surface area contributed by atoms with Crippen LogP contribution in [0.5, 0.6) is 0 Å². The molecular weight excluding hydrogens is 416 g/mol. The molecule has 160 valence electrons. The molecule has 0 spiro atoms. The fourth-order valence-corrected chi connectivity index (χ4v) is 2.82. The van der Waals surface area contributed by atoms with Gasteiger partial charge in [0, 0.05) is 19.3 Å². The summed E-state index contributed by atoms with van der Waals surface area (Å²) in [7, 11) is 0.486. The number of carbonyl (C=O) groups excluding carboxylic acids is 2. The molecule has 1 N–H and O–H groups in total. The van der Waals surface area contributed by atoms with Crippen molar-refractivity contribution in [3.8, 4) is 0 Å². The van der Waals surface area contributed by atoms with Crippen LogP contribution in [0, 0.1) is 0 Å². The third kappa shape index (κ3) is 10.9. The van der Waals surface area contributed by atoms with E-state index in [1.807, 2.05) is 24.3 Å². The first-order valence-corrected chi connectivity index (χ1v) is 10.2. The largest absolute Gasteiger partial charge is 0.465 e. The summed E-state index contributed by atoms with van der Waals surface area (Å²) >= 11 is 0. The lowest BCUT2D eigenvalue weighted by Gasteiger charge is -2.19. The molecule has 0 bridgehead atoms. The Morgan fingerprint density at radius 2 is 1.62 bits per heavy atom. The SMILES string of the molecule is [B]Cc1ccc(CCOC(=O)CCCC(=O)OC(CS(=O)(=O)O)C(F)(F)F)cc1. The van der Waals surface area contributed by atoms with Gasteiger partial charge in [-0.15, -0.1) is 0 Å². The highest BCUT2D eigenvalue weighted by atomic mass is 32.2. The van der Waals surface area contributed by atoms with Crippen LogP contribution in [0.15, 0.2) is 24.3 Å². The van der Waals surface area contributed by atoms with E-state index in [2.05, 4.69) is 4.74 Å². The van der Waals surface area contributed by atoms with Crippen LogP contribution in [0.4, 0.5) is 13.2 Å². The van der Waals surface area contributed by atoms with Crippen molar-refractivity contribution in [2.75, 3.05) is 12.4 Å². The highest BCUT2D eigenvalue weighted by Gasteiger charge is 2.45. The number of benzene rings is 1. The molecule has 0 heterocycles. The molecule has 0 saturated heterocycles. The molecule has 1 rings (SSSR count). The van der Waals surface area contributed by atoms with Gasteiger partial charge in [-0.25, -0.2) is 0 Å². The summed E-state index contributed by atoms with van der Waals surface area (Å²) in [6.07, 6.45) is -8.18. The first-order chi connectivity index (χ1) is 13.4. The van der Waals surface area contributed by atoms with Crippen LogP contribution in [0.2, 0.25) is 0 Å². The van der Waals surface area contributed by atoms with E-state index >= 15 is 0 Å². The number of esters is 2. The summed E-state index contributed by atoms with van der Waals surface area (Å²) < 4.78 is 76.7. The minimum Gasteiger partial charge on any atom is -0.465 e. The molecule has 0 fully saturated rings. The highest BCUT2D eigenvalue weighted by molar-refractivity contribution is 7.85. The maximum Gasteiger partial charge on any atom is 0.426 e. The van der Waals surface area contributed by atoms with E-state index < -0.39 is 46.5 Å². The van der Waals surface area contributed by atoms with Gasteiger partial charge in [-0.3, -0.25) is 14.1 Å². The van der Waals surface area contributed by atoms with Crippen molar-refractivity contribution >= 4 is 29.9 Å². The first-order valence-electron chi connectivity index (χ1n) is 8.55. The molecule has 12 heteroatoms. The predicted molar refractivity (Wildman–Crippen MR) is 96.8 cm³/mol. The van der Waals surface area contributed by atoms with E-state index in [4.69, 9.17) is 17.1 Å². The van der Waals surface area contributed by atoms with Crippen LogP contribution < -0.4 is 0 Å². The van der Waals surface area contributed by atoms with E-state index in [9.17, 15) is 31.2 Å². The minimum atomic E-state index is -5.16.